The maximum absolute atomic E-state index is 12.8. The number of fused-ring (bicyclic) bond motifs is 2. The number of hydrogen-bond acceptors (Lipinski definition) is 5. The summed E-state index contributed by atoms with van der Waals surface area (Å²) in [4.78, 5) is 19.2. The van der Waals surface area contributed by atoms with Crippen molar-refractivity contribution in [2.24, 2.45) is 0 Å². The van der Waals surface area contributed by atoms with Gasteiger partial charge >= 0.3 is 0 Å². The van der Waals surface area contributed by atoms with Crippen LogP contribution in [0.4, 0.5) is 0 Å². The molecule has 0 saturated carbocycles. The number of carbonyl (C=O) groups excluding carboxylic acids is 1. The van der Waals surface area contributed by atoms with E-state index in [2.05, 4.69) is 4.98 Å². The Morgan fingerprint density at radius 2 is 1.92 bits per heavy atom. The van der Waals surface area contributed by atoms with E-state index in [1.807, 2.05) is 55.5 Å². The van der Waals surface area contributed by atoms with Crippen molar-refractivity contribution in [2.75, 3.05) is 13.7 Å². The molecule has 1 aliphatic heterocycles. The summed E-state index contributed by atoms with van der Waals surface area (Å²) < 4.78 is 12.6. The van der Waals surface area contributed by atoms with E-state index in [1.54, 1.807) is 23.3 Å². The number of aromatic nitrogens is 1. The summed E-state index contributed by atoms with van der Waals surface area (Å²) in [5.74, 6) is 1.17. The first-order valence-corrected chi connectivity index (χ1v) is 8.96. The molecule has 0 saturated heterocycles. The zero-order valence-electron chi connectivity index (χ0n) is 14.0. The summed E-state index contributed by atoms with van der Waals surface area (Å²) in [5, 5.41) is 0.911. The lowest BCUT2D eigenvalue weighted by Gasteiger charge is -2.31. The molecular weight excluding hydrogens is 336 g/mol. The molecule has 1 aliphatic rings. The van der Waals surface area contributed by atoms with Gasteiger partial charge in [0.05, 0.1) is 16.3 Å². The lowest BCUT2D eigenvalue weighted by Crippen LogP contribution is -2.45. The largest absolute Gasteiger partial charge is 0.485 e. The number of ether oxygens (including phenoxy) is 2. The predicted octanol–water partition coefficient (Wildman–Crippen LogP) is 3.66. The van der Waals surface area contributed by atoms with Crippen LogP contribution in [0.25, 0.3) is 10.2 Å². The molecule has 6 heteroatoms. The van der Waals surface area contributed by atoms with Gasteiger partial charge in [-0.15, -0.1) is 11.3 Å². The number of likely N-dealkylation sites (N-methyl/N-ethyl adjacent to an activating group) is 1. The predicted molar refractivity (Wildman–Crippen MR) is 97.2 cm³/mol. The summed E-state index contributed by atoms with van der Waals surface area (Å²) in [5.41, 5.74) is 0.960. The van der Waals surface area contributed by atoms with Gasteiger partial charge in [-0.25, -0.2) is 4.98 Å². The highest BCUT2D eigenvalue weighted by atomic mass is 32.1. The molecule has 3 aromatic rings. The number of nitrogens with zero attached hydrogens (tertiary/aromatic N) is 2. The highest BCUT2D eigenvalue weighted by Gasteiger charge is 2.32. The standard InChI is InChI=1S/C19H18N2O3S/c1-12(18-20-13-7-3-6-10-17(13)25-18)21(2)19(22)16-11-23-14-8-4-5-9-15(14)24-16/h3-10,12,16H,11H2,1-2H3/t12-,16-/m1/s1. The van der Waals surface area contributed by atoms with Gasteiger partial charge in [0.25, 0.3) is 5.91 Å². The number of rotatable bonds is 3. The average molecular weight is 354 g/mol. The second kappa shape index (κ2) is 6.37. The molecule has 0 N–H and O–H groups in total. The van der Waals surface area contributed by atoms with Crippen LogP contribution in [-0.4, -0.2) is 35.5 Å². The highest BCUT2D eigenvalue weighted by molar-refractivity contribution is 7.18. The molecular formula is C19H18N2O3S. The lowest BCUT2D eigenvalue weighted by atomic mass is 10.2. The molecule has 5 nitrogen and oxygen atoms in total. The number of hydrogen-bond donors (Lipinski definition) is 0. The molecule has 1 amide bonds. The Kier molecular flexibility index (Phi) is 4.05. The minimum atomic E-state index is -0.642. The fourth-order valence-corrected chi connectivity index (χ4v) is 3.86. The number of para-hydroxylation sites is 3. The van der Waals surface area contributed by atoms with Crippen LogP contribution in [0.15, 0.2) is 48.5 Å². The number of benzene rings is 2. The van der Waals surface area contributed by atoms with E-state index in [9.17, 15) is 4.79 Å². The van der Waals surface area contributed by atoms with Gasteiger partial charge in [-0.1, -0.05) is 24.3 Å². The zero-order valence-corrected chi connectivity index (χ0v) is 14.8. The third kappa shape index (κ3) is 2.93. The molecule has 0 fully saturated rings. The van der Waals surface area contributed by atoms with Crippen LogP contribution in [0, 0.1) is 0 Å². The van der Waals surface area contributed by atoms with Gasteiger partial charge in [0.2, 0.25) is 6.10 Å². The minimum absolute atomic E-state index is 0.110. The second-order valence-electron chi connectivity index (χ2n) is 6.01. The second-order valence-corrected chi connectivity index (χ2v) is 7.07. The summed E-state index contributed by atoms with van der Waals surface area (Å²) in [6.45, 7) is 2.19. The van der Waals surface area contributed by atoms with Gasteiger partial charge in [-0.2, -0.15) is 0 Å². The van der Waals surface area contributed by atoms with Crippen LogP contribution in [-0.2, 0) is 4.79 Å². The summed E-state index contributed by atoms with van der Waals surface area (Å²) in [6, 6.07) is 15.2. The molecule has 2 atom stereocenters. The third-order valence-electron chi connectivity index (χ3n) is 4.38. The Morgan fingerprint density at radius 1 is 1.20 bits per heavy atom. The van der Waals surface area contributed by atoms with Gasteiger partial charge in [-0.3, -0.25) is 4.79 Å². The van der Waals surface area contributed by atoms with Crippen molar-refractivity contribution < 1.29 is 14.3 Å². The van der Waals surface area contributed by atoms with E-state index in [4.69, 9.17) is 9.47 Å². The van der Waals surface area contributed by atoms with Crippen LogP contribution in [0.5, 0.6) is 11.5 Å². The van der Waals surface area contributed by atoms with Crippen molar-refractivity contribution in [1.82, 2.24) is 9.88 Å². The van der Waals surface area contributed by atoms with Crippen LogP contribution in [0.1, 0.15) is 18.0 Å². The maximum Gasteiger partial charge on any atom is 0.267 e. The molecule has 2 heterocycles. The van der Waals surface area contributed by atoms with E-state index in [1.165, 1.54) is 0 Å². The van der Waals surface area contributed by atoms with Crippen molar-refractivity contribution >= 4 is 27.5 Å². The van der Waals surface area contributed by atoms with Crippen LogP contribution in [0.3, 0.4) is 0 Å². The van der Waals surface area contributed by atoms with E-state index < -0.39 is 6.10 Å². The molecule has 128 valence electrons. The smallest absolute Gasteiger partial charge is 0.267 e. The molecule has 25 heavy (non-hydrogen) atoms. The van der Waals surface area contributed by atoms with Crippen molar-refractivity contribution in [2.45, 2.75) is 19.1 Å². The summed E-state index contributed by atoms with van der Waals surface area (Å²) in [6.07, 6.45) is -0.642. The fraction of sp³-hybridized carbons (Fsp3) is 0.263. The Morgan fingerprint density at radius 3 is 2.72 bits per heavy atom. The highest BCUT2D eigenvalue weighted by Crippen LogP contribution is 2.33. The van der Waals surface area contributed by atoms with Crippen LogP contribution in [0.2, 0.25) is 0 Å². The summed E-state index contributed by atoms with van der Waals surface area (Å²) in [7, 11) is 1.78. The molecule has 0 radical (unpaired) electrons. The van der Waals surface area contributed by atoms with E-state index in [0.29, 0.717) is 11.5 Å². The topological polar surface area (TPSA) is 51.7 Å². The number of thiazole rings is 1. The Bertz CT molecular complexity index is 891. The van der Waals surface area contributed by atoms with Gasteiger partial charge in [0, 0.05) is 7.05 Å². The number of amides is 1. The monoisotopic (exact) mass is 354 g/mol. The summed E-state index contributed by atoms with van der Waals surface area (Å²) >= 11 is 1.61. The molecule has 4 rings (SSSR count). The van der Waals surface area contributed by atoms with Crippen molar-refractivity contribution in [3.63, 3.8) is 0 Å². The first-order chi connectivity index (χ1) is 12.1. The Labute approximate surface area is 149 Å². The lowest BCUT2D eigenvalue weighted by molar-refractivity contribution is -0.141. The van der Waals surface area contributed by atoms with E-state index in [0.717, 1.165) is 15.2 Å². The molecule has 2 aromatic carbocycles. The molecule has 0 aliphatic carbocycles. The van der Waals surface area contributed by atoms with Crippen molar-refractivity contribution in [3.05, 3.63) is 53.5 Å². The fourth-order valence-electron chi connectivity index (χ4n) is 2.79. The maximum atomic E-state index is 12.8. The SMILES string of the molecule is C[C@H](c1nc2ccccc2s1)N(C)C(=O)[C@H]1COc2ccccc2O1. The van der Waals surface area contributed by atoms with Gasteiger partial charge in [0.1, 0.15) is 11.6 Å². The molecule has 0 unspecified atom stereocenters. The minimum Gasteiger partial charge on any atom is -0.485 e. The van der Waals surface area contributed by atoms with Crippen molar-refractivity contribution in [3.8, 4) is 11.5 Å². The first kappa shape index (κ1) is 15.9. The molecule has 0 spiro atoms. The van der Waals surface area contributed by atoms with Crippen molar-refractivity contribution in [1.29, 1.82) is 0 Å². The quantitative estimate of drug-likeness (QED) is 0.720. The average Bonchev–Trinajstić information content (AvgIpc) is 3.10. The van der Waals surface area contributed by atoms with Gasteiger partial charge in [-0.05, 0) is 31.2 Å². The normalized spacial score (nSPS) is 17.3. The first-order valence-electron chi connectivity index (χ1n) is 8.14. The van der Waals surface area contributed by atoms with Crippen LogP contribution >= 0.6 is 11.3 Å². The molecule has 1 aromatic heterocycles. The van der Waals surface area contributed by atoms with Gasteiger partial charge < -0.3 is 14.4 Å². The Balaban J connectivity index is 1.52. The third-order valence-corrected chi connectivity index (χ3v) is 5.59. The van der Waals surface area contributed by atoms with E-state index in [-0.39, 0.29) is 18.6 Å². The van der Waals surface area contributed by atoms with Gasteiger partial charge in [0.15, 0.2) is 11.5 Å². The Hall–Kier alpha value is -2.60. The number of carbonyl (C=O) groups is 1. The van der Waals surface area contributed by atoms with Crippen LogP contribution < -0.4 is 9.47 Å². The van der Waals surface area contributed by atoms with E-state index >= 15 is 0 Å². The zero-order chi connectivity index (χ0) is 17.4. The molecule has 0 bridgehead atoms.